The van der Waals surface area contributed by atoms with Gasteiger partial charge in [-0.3, -0.25) is 4.98 Å². The molecule has 0 saturated carbocycles. The highest BCUT2D eigenvalue weighted by atomic mass is 16.5. The first kappa shape index (κ1) is 22.8. The molecule has 2 aliphatic rings. The van der Waals surface area contributed by atoms with E-state index in [-0.39, 0.29) is 0 Å². The zero-order valence-electron chi connectivity index (χ0n) is 20.4. The Morgan fingerprint density at radius 3 is 2.53 bits per heavy atom. The maximum Gasteiger partial charge on any atom is 0.163 e. The Labute approximate surface area is 202 Å². The number of aromatic nitrogens is 1. The topological polar surface area (TPSA) is 55.8 Å². The van der Waals surface area contributed by atoms with E-state index < -0.39 is 0 Å². The van der Waals surface area contributed by atoms with Crippen molar-refractivity contribution >= 4 is 16.6 Å². The molecule has 1 aliphatic heterocycles. The fourth-order valence-electron chi connectivity index (χ4n) is 5.15. The molecular formula is C28H35N3O3. The quantitative estimate of drug-likeness (QED) is 0.418. The maximum absolute atomic E-state index is 6.18. The normalized spacial score (nSPS) is 15.5. The molecule has 1 aromatic heterocycles. The van der Waals surface area contributed by atoms with Gasteiger partial charge < -0.3 is 24.4 Å². The molecular weight excluding hydrogens is 426 g/mol. The van der Waals surface area contributed by atoms with Crippen LogP contribution in [0.2, 0.25) is 0 Å². The highest BCUT2D eigenvalue weighted by Crippen LogP contribution is 2.40. The van der Waals surface area contributed by atoms with Gasteiger partial charge in [-0.25, -0.2) is 0 Å². The van der Waals surface area contributed by atoms with Crippen LogP contribution in [0.25, 0.3) is 10.9 Å². The summed E-state index contributed by atoms with van der Waals surface area (Å²) in [7, 11) is 3.40. The third-order valence-electron chi connectivity index (χ3n) is 7.00. The summed E-state index contributed by atoms with van der Waals surface area (Å²) in [4.78, 5) is 7.54. The molecule has 0 atom stereocenters. The Morgan fingerprint density at radius 1 is 0.941 bits per heavy atom. The van der Waals surface area contributed by atoms with Gasteiger partial charge in [-0.2, -0.15) is 0 Å². The number of hydrogen-bond donors (Lipinski definition) is 1. The van der Waals surface area contributed by atoms with E-state index in [1.54, 1.807) is 14.2 Å². The largest absolute Gasteiger partial charge is 0.497 e. The van der Waals surface area contributed by atoms with Crippen LogP contribution >= 0.6 is 0 Å². The summed E-state index contributed by atoms with van der Waals surface area (Å²) in [6, 6.07) is 12.4. The van der Waals surface area contributed by atoms with Crippen molar-refractivity contribution in [1.29, 1.82) is 0 Å². The van der Waals surface area contributed by atoms with Crippen molar-refractivity contribution in [2.75, 3.05) is 45.8 Å². The number of pyridine rings is 1. The van der Waals surface area contributed by atoms with Gasteiger partial charge in [0.1, 0.15) is 5.75 Å². The van der Waals surface area contributed by atoms with Crippen molar-refractivity contribution in [3.05, 3.63) is 53.2 Å². The molecule has 5 rings (SSSR count). The Morgan fingerprint density at radius 2 is 1.76 bits per heavy atom. The number of hydrogen-bond acceptors (Lipinski definition) is 6. The van der Waals surface area contributed by atoms with Gasteiger partial charge in [-0.1, -0.05) is 12.1 Å². The highest BCUT2D eigenvalue weighted by molar-refractivity contribution is 5.96. The molecule has 0 radical (unpaired) electrons. The zero-order valence-corrected chi connectivity index (χ0v) is 20.4. The molecule has 0 amide bonds. The summed E-state index contributed by atoms with van der Waals surface area (Å²) < 4.78 is 17.2. The van der Waals surface area contributed by atoms with Crippen molar-refractivity contribution < 1.29 is 14.2 Å². The maximum atomic E-state index is 6.18. The molecule has 1 aliphatic carbocycles. The summed E-state index contributed by atoms with van der Waals surface area (Å²) >= 11 is 0. The lowest BCUT2D eigenvalue weighted by molar-refractivity contribution is 0.254. The number of aryl methyl sites for hydroxylation is 1. The molecule has 1 saturated heterocycles. The molecule has 6 heteroatoms. The van der Waals surface area contributed by atoms with Crippen LogP contribution in [-0.4, -0.2) is 50.3 Å². The molecule has 0 unspecified atom stereocenters. The van der Waals surface area contributed by atoms with E-state index in [0.29, 0.717) is 6.61 Å². The van der Waals surface area contributed by atoms with E-state index in [2.05, 4.69) is 34.5 Å². The van der Waals surface area contributed by atoms with Gasteiger partial charge in [-0.05, 0) is 80.9 Å². The predicted molar refractivity (Wildman–Crippen MR) is 136 cm³/mol. The number of likely N-dealkylation sites (tertiary alicyclic amines) is 1. The lowest BCUT2D eigenvalue weighted by atomic mass is 10.1. The van der Waals surface area contributed by atoms with E-state index >= 15 is 0 Å². The Balaban J connectivity index is 1.37. The van der Waals surface area contributed by atoms with E-state index in [9.17, 15) is 0 Å². The lowest BCUT2D eigenvalue weighted by Gasteiger charge is -2.18. The first-order chi connectivity index (χ1) is 16.7. The summed E-state index contributed by atoms with van der Waals surface area (Å²) in [5, 5.41) is 4.81. The van der Waals surface area contributed by atoms with Gasteiger partial charge in [0.25, 0.3) is 0 Å². The fraction of sp³-hybridized carbons (Fsp3) is 0.464. The van der Waals surface area contributed by atoms with Crippen LogP contribution in [0.15, 0.2) is 36.4 Å². The molecule has 180 valence electrons. The molecule has 3 aromatic rings. The lowest BCUT2D eigenvalue weighted by Crippen LogP contribution is -2.21. The second kappa shape index (κ2) is 10.5. The van der Waals surface area contributed by atoms with E-state index in [4.69, 9.17) is 19.2 Å². The number of nitrogens with one attached hydrogen (secondary N) is 1. The number of ether oxygens (including phenoxy) is 3. The SMILES string of the molecule is COc1ccc(CNc2c3c(nc4cc(OCCCN5CCCC5)c(OC)cc24)CCC3)cc1. The van der Waals surface area contributed by atoms with E-state index in [0.717, 1.165) is 66.9 Å². The second-order valence-corrected chi connectivity index (χ2v) is 9.24. The van der Waals surface area contributed by atoms with Gasteiger partial charge >= 0.3 is 0 Å². The molecule has 0 bridgehead atoms. The summed E-state index contributed by atoms with van der Waals surface area (Å²) in [6.45, 7) is 4.97. The monoisotopic (exact) mass is 461 g/mol. The minimum Gasteiger partial charge on any atom is -0.497 e. The van der Waals surface area contributed by atoms with Crippen molar-refractivity contribution in [1.82, 2.24) is 9.88 Å². The van der Waals surface area contributed by atoms with Crippen LogP contribution < -0.4 is 19.5 Å². The minimum atomic E-state index is 0.686. The number of nitrogens with zero attached hydrogens (tertiary/aromatic N) is 2. The van der Waals surface area contributed by atoms with E-state index in [1.807, 2.05) is 12.1 Å². The summed E-state index contributed by atoms with van der Waals surface area (Å²) in [5.41, 5.74) is 5.89. The number of benzene rings is 2. The van der Waals surface area contributed by atoms with Crippen LogP contribution in [0.3, 0.4) is 0 Å². The number of methoxy groups -OCH3 is 2. The molecule has 2 aromatic carbocycles. The first-order valence-corrected chi connectivity index (χ1v) is 12.5. The van der Waals surface area contributed by atoms with Crippen LogP contribution in [0, 0.1) is 0 Å². The zero-order chi connectivity index (χ0) is 23.3. The van der Waals surface area contributed by atoms with Crippen molar-refractivity contribution in [2.24, 2.45) is 0 Å². The van der Waals surface area contributed by atoms with Gasteiger partial charge in [0, 0.05) is 35.9 Å². The van der Waals surface area contributed by atoms with Crippen molar-refractivity contribution in [2.45, 2.75) is 45.1 Å². The third kappa shape index (κ3) is 4.92. The number of anilines is 1. The molecule has 2 heterocycles. The fourth-order valence-corrected chi connectivity index (χ4v) is 5.15. The minimum absolute atomic E-state index is 0.686. The molecule has 1 N–H and O–H groups in total. The summed E-state index contributed by atoms with van der Waals surface area (Å²) in [5.74, 6) is 2.42. The molecule has 34 heavy (non-hydrogen) atoms. The highest BCUT2D eigenvalue weighted by Gasteiger charge is 2.21. The van der Waals surface area contributed by atoms with Gasteiger partial charge in [0.15, 0.2) is 11.5 Å². The Bertz CT molecular complexity index is 1120. The van der Waals surface area contributed by atoms with Crippen molar-refractivity contribution in [3.8, 4) is 17.2 Å². The van der Waals surface area contributed by atoms with Crippen LogP contribution in [0.1, 0.15) is 42.5 Å². The Hall–Kier alpha value is -2.99. The average molecular weight is 462 g/mol. The molecule has 1 fully saturated rings. The van der Waals surface area contributed by atoms with Gasteiger partial charge in [0.05, 0.1) is 26.3 Å². The number of fused-ring (bicyclic) bond motifs is 2. The predicted octanol–water partition coefficient (Wildman–Crippen LogP) is 5.22. The summed E-state index contributed by atoms with van der Waals surface area (Å²) in [6.07, 6.45) is 6.90. The smallest absolute Gasteiger partial charge is 0.163 e. The van der Waals surface area contributed by atoms with Gasteiger partial charge in [-0.15, -0.1) is 0 Å². The van der Waals surface area contributed by atoms with Crippen LogP contribution in [-0.2, 0) is 19.4 Å². The molecule has 0 spiro atoms. The number of rotatable bonds is 10. The first-order valence-electron chi connectivity index (χ1n) is 12.5. The van der Waals surface area contributed by atoms with Gasteiger partial charge in [0.2, 0.25) is 0 Å². The van der Waals surface area contributed by atoms with E-state index in [1.165, 1.54) is 48.4 Å². The van der Waals surface area contributed by atoms with Crippen LogP contribution in [0.5, 0.6) is 17.2 Å². The average Bonchev–Trinajstić information content (AvgIpc) is 3.56. The standard InChI is InChI=1S/C28H35N3O3/c1-32-21-11-9-20(10-12-21)19-29-28-22-7-5-8-24(22)30-25-18-27(26(33-2)17-23(25)28)34-16-6-15-31-13-3-4-14-31/h9-12,17-18H,3-8,13-16,19H2,1-2H3,(H,29,30). The molecule has 6 nitrogen and oxygen atoms in total. The van der Waals surface area contributed by atoms with Crippen LogP contribution in [0.4, 0.5) is 5.69 Å². The third-order valence-corrected chi connectivity index (χ3v) is 7.00. The Kier molecular flexibility index (Phi) is 7.05. The second-order valence-electron chi connectivity index (χ2n) is 9.24. The van der Waals surface area contributed by atoms with Crippen molar-refractivity contribution in [3.63, 3.8) is 0 Å².